The van der Waals surface area contributed by atoms with Crippen LogP contribution in [0.15, 0.2) is 30.3 Å². The first kappa shape index (κ1) is 13.9. The average molecular weight is 295 g/mol. The van der Waals surface area contributed by atoms with Crippen LogP contribution in [0.25, 0.3) is 0 Å². The van der Waals surface area contributed by atoms with Crippen LogP contribution in [0.5, 0.6) is 0 Å². The van der Waals surface area contributed by atoms with Gasteiger partial charge in [0.2, 0.25) is 5.91 Å². The summed E-state index contributed by atoms with van der Waals surface area (Å²) in [5.74, 6) is -0.455. The van der Waals surface area contributed by atoms with Gasteiger partial charge in [-0.2, -0.15) is 0 Å². The molecule has 0 aliphatic heterocycles. The Balaban J connectivity index is 2.10. The number of halogens is 1. The zero-order valence-electron chi connectivity index (χ0n) is 10.6. The van der Waals surface area contributed by atoms with Crippen LogP contribution in [0.2, 0.25) is 5.02 Å². The number of thiophene rings is 1. The van der Waals surface area contributed by atoms with Crippen molar-refractivity contribution < 1.29 is 4.79 Å². The summed E-state index contributed by atoms with van der Waals surface area (Å²) in [6.07, 6.45) is 1.04. The molecule has 0 saturated heterocycles. The highest BCUT2D eigenvalue weighted by atomic mass is 35.5. The summed E-state index contributed by atoms with van der Waals surface area (Å²) >= 11 is 7.86. The largest absolute Gasteiger partial charge is 0.379 e. The highest BCUT2D eigenvalue weighted by molar-refractivity contribution is 7.12. The Bertz CT molecular complexity index is 595. The van der Waals surface area contributed by atoms with Crippen molar-refractivity contribution in [3.05, 3.63) is 50.7 Å². The van der Waals surface area contributed by atoms with Crippen molar-refractivity contribution in [2.75, 3.05) is 5.32 Å². The second kappa shape index (κ2) is 6.08. The zero-order chi connectivity index (χ0) is 13.8. The third-order valence-electron chi connectivity index (χ3n) is 2.77. The molecule has 2 aromatic rings. The maximum Gasteiger partial charge on any atom is 0.248 e. The number of nitrogens with one attached hydrogen (secondary N) is 1. The van der Waals surface area contributed by atoms with Gasteiger partial charge in [-0.3, -0.25) is 4.79 Å². The summed E-state index contributed by atoms with van der Waals surface area (Å²) < 4.78 is 0. The van der Waals surface area contributed by atoms with Gasteiger partial charge >= 0.3 is 0 Å². The summed E-state index contributed by atoms with van der Waals surface area (Å²) in [6, 6.07) is 9.20. The maximum absolute atomic E-state index is 11.1. The van der Waals surface area contributed by atoms with Crippen molar-refractivity contribution in [2.24, 2.45) is 5.73 Å². The van der Waals surface area contributed by atoms with Gasteiger partial charge in [0.05, 0.1) is 10.7 Å². The van der Waals surface area contributed by atoms with Gasteiger partial charge in [-0.25, -0.2) is 0 Å². The number of hydrogen-bond acceptors (Lipinski definition) is 3. The van der Waals surface area contributed by atoms with Crippen LogP contribution in [-0.2, 0) is 13.0 Å². The second-order valence-corrected chi connectivity index (χ2v) is 5.79. The highest BCUT2D eigenvalue weighted by Gasteiger charge is 2.06. The SMILES string of the molecule is CCc1ccc(CNc2cc(C(N)=O)ccc2Cl)s1. The number of benzene rings is 1. The van der Waals surface area contributed by atoms with E-state index < -0.39 is 5.91 Å². The topological polar surface area (TPSA) is 55.1 Å². The first-order valence-electron chi connectivity index (χ1n) is 6.01. The summed E-state index contributed by atoms with van der Waals surface area (Å²) in [4.78, 5) is 13.7. The van der Waals surface area contributed by atoms with Crippen LogP contribution in [0, 0.1) is 0 Å². The van der Waals surface area contributed by atoms with Gasteiger partial charge in [0.1, 0.15) is 0 Å². The van der Waals surface area contributed by atoms with Crippen LogP contribution in [0.1, 0.15) is 27.0 Å². The van der Waals surface area contributed by atoms with Crippen LogP contribution in [0.3, 0.4) is 0 Å². The van der Waals surface area contributed by atoms with Gasteiger partial charge in [-0.05, 0) is 36.8 Å². The van der Waals surface area contributed by atoms with Crippen molar-refractivity contribution >= 4 is 34.5 Å². The van der Waals surface area contributed by atoms with Gasteiger partial charge in [0.15, 0.2) is 0 Å². The fourth-order valence-corrected chi connectivity index (χ4v) is 2.79. The predicted octanol–water partition coefficient (Wildman–Crippen LogP) is 3.67. The minimum atomic E-state index is -0.455. The Kier molecular flexibility index (Phi) is 4.45. The number of anilines is 1. The molecule has 0 atom stereocenters. The number of hydrogen-bond donors (Lipinski definition) is 2. The van der Waals surface area contributed by atoms with Gasteiger partial charge in [0.25, 0.3) is 0 Å². The molecule has 19 heavy (non-hydrogen) atoms. The molecule has 0 unspecified atom stereocenters. The van der Waals surface area contributed by atoms with Crippen molar-refractivity contribution in [3.8, 4) is 0 Å². The highest BCUT2D eigenvalue weighted by Crippen LogP contribution is 2.25. The zero-order valence-corrected chi connectivity index (χ0v) is 12.1. The van der Waals surface area contributed by atoms with E-state index in [1.807, 2.05) is 0 Å². The first-order valence-corrected chi connectivity index (χ1v) is 7.20. The molecule has 3 nitrogen and oxygen atoms in total. The molecule has 0 saturated carbocycles. The molecular weight excluding hydrogens is 280 g/mol. The standard InChI is InChI=1S/C14H15ClN2OS/c1-2-10-4-5-11(19-10)8-17-13-7-9(14(16)18)3-6-12(13)15/h3-7,17H,2,8H2,1H3,(H2,16,18). The monoisotopic (exact) mass is 294 g/mol. The molecule has 2 rings (SSSR count). The van der Waals surface area contributed by atoms with Crippen LogP contribution in [-0.4, -0.2) is 5.91 Å². The lowest BCUT2D eigenvalue weighted by atomic mass is 10.2. The third-order valence-corrected chi connectivity index (χ3v) is 4.33. The number of primary amides is 1. The van der Waals surface area contributed by atoms with E-state index in [0.717, 1.165) is 12.1 Å². The number of rotatable bonds is 5. The number of carbonyl (C=O) groups is 1. The average Bonchev–Trinajstić information content (AvgIpc) is 2.85. The van der Waals surface area contributed by atoms with Gasteiger partial charge < -0.3 is 11.1 Å². The van der Waals surface area contributed by atoms with E-state index in [9.17, 15) is 4.79 Å². The molecule has 100 valence electrons. The summed E-state index contributed by atoms with van der Waals surface area (Å²) in [5, 5.41) is 3.81. The molecule has 0 spiro atoms. The Labute approximate surface area is 121 Å². The molecule has 0 fully saturated rings. The molecule has 1 heterocycles. The van der Waals surface area contributed by atoms with Crippen LogP contribution >= 0.6 is 22.9 Å². The lowest BCUT2D eigenvalue weighted by molar-refractivity contribution is 0.100. The molecule has 1 aromatic carbocycles. The molecule has 0 aliphatic rings. The summed E-state index contributed by atoms with van der Waals surface area (Å²) in [7, 11) is 0. The number of nitrogens with two attached hydrogens (primary N) is 1. The molecule has 0 aliphatic carbocycles. The van der Waals surface area contributed by atoms with E-state index in [1.165, 1.54) is 9.75 Å². The Morgan fingerprint density at radius 1 is 1.32 bits per heavy atom. The van der Waals surface area contributed by atoms with Gasteiger partial charge in [-0.1, -0.05) is 18.5 Å². The molecule has 1 aromatic heterocycles. The minimum Gasteiger partial charge on any atom is -0.379 e. The minimum absolute atomic E-state index is 0.451. The van der Waals surface area contributed by atoms with Gasteiger partial charge in [0, 0.05) is 21.9 Å². The number of aryl methyl sites for hydroxylation is 1. The lowest BCUT2D eigenvalue weighted by Crippen LogP contribution is -2.11. The fourth-order valence-electron chi connectivity index (χ4n) is 1.70. The van der Waals surface area contributed by atoms with Crippen molar-refractivity contribution in [1.82, 2.24) is 0 Å². The fraction of sp³-hybridized carbons (Fsp3) is 0.214. The summed E-state index contributed by atoms with van der Waals surface area (Å²) in [5.41, 5.74) is 6.43. The maximum atomic E-state index is 11.1. The Hall–Kier alpha value is -1.52. The van der Waals surface area contributed by atoms with Crippen LogP contribution < -0.4 is 11.1 Å². The second-order valence-electron chi connectivity index (χ2n) is 4.13. The lowest BCUT2D eigenvalue weighted by Gasteiger charge is -2.08. The Morgan fingerprint density at radius 3 is 2.68 bits per heavy atom. The van der Waals surface area contributed by atoms with E-state index >= 15 is 0 Å². The summed E-state index contributed by atoms with van der Waals surface area (Å²) in [6.45, 7) is 2.82. The molecular formula is C14H15ClN2OS. The van der Waals surface area contributed by atoms with E-state index in [0.29, 0.717) is 17.1 Å². The molecule has 5 heteroatoms. The van der Waals surface area contributed by atoms with E-state index in [4.69, 9.17) is 17.3 Å². The Morgan fingerprint density at radius 2 is 2.05 bits per heavy atom. The third kappa shape index (κ3) is 3.49. The first-order chi connectivity index (χ1) is 9.10. The number of amides is 1. The van der Waals surface area contributed by atoms with E-state index in [-0.39, 0.29) is 0 Å². The van der Waals surface area contributed by atoms with E-state index in [2.05, 4.69) is 24.4 Å². The smallest absolute Gasteiger partial charge is 0.248 e. The van der Waals surface area contributed by atoms with Crippen molar-refractivity contribution in [3.63, 3.8) is 0 Å². The predicted molar refractivity (Wildman–Crippen MR) is 81.0 cm³/mol. The quantitative estimate of drug-likeness (QED) is 0.884. The number of carbonyl (C=O) groups excluding carboxylic acids is 1. The molecule has 1 amide bonds. The normalized spacial score (nSPS) is 10.4. The van der Waals surface area contributed by atoms with Crippen molar-refractivity contribution in [2.45, 2.75) is 19.9 Å². The van der Waals surface area contributed by atoms with Crippen molar-refractivity contribution in [1.29, 1.82) is 0 Å². The molecule has 0 bridgehead atoms. The van der Waals surface area contributed by atoms with E-state index in [1.54, 1.807) is 29.5 Å². The van der Waals surface area contributed by atoms with Crippen LogP contribution in [0.4, 0.5) is 5.69 Å². The van der Waals surface area contributed by atoms with Gasteiger partial charge in [-0.15, -0.1) is 11.3 Å². The molecule has 0 radical (unpaired) electrons. The molecule has 3 N–H and O–H groups in total.